The summed E-state index contributed by atoms with van der Waals surface area (Å²) in [4.78, 5) is 15.2. The van der Waals surface area contributed by atoms with Crippen LogP contribution in [-0.2, 0) is 11.3 Å². The number of nitrogens with zero attached hydrogens (tertiary/aromatic N) is 4. The number of ether oxygens (including phenoxy) is 3. The minimum Gasteiger partial charge on any atom is -0.497 e. The van der Waals surface area contributed by atoms with Gasteiger partial charge in [-0.3, -0.25) is 4.90 Å². The van der Waals surface area contributed by atoms with E-state index in [4.69, 9.17) is 19.9 Å². The Balaban J connectivity index is 1.56. The predicted octanol–water partition coefficient (Wildman–Crippen LogP) is 2.71. The second kappa shape index (κ2) is 9.06. The van der Waals surface area contributed by atoms with Gasteiger partial charge in [-0.25, -0.2) is 15.0 Å². The summed E-state index contributed by atoms with van der Waals surface area (Å²) in [5.74, 6) is 2.05. The molecular formula is C22H25N5O3. The van der Waals surface area contributed by atoms with Crippen LogP contribution in [0.2, 0.25) is 0 Å². The Morgan fingerprint density at radius 1 is 1.17 bits per heavy atom. The summed E-state index contributed by atoms with van der Waals surface area (Å²) in [6.45, 7) is 2.90. The lowest BCUT2D eigenvalue weighted by molar-refractivity contribution is -0.0349. The minimum absolute atomic E-state index is 0.171. The molecule has 1 saturated heterocycles. The Morgan fingerprint density at radius 3 is 2.87 bits per heavy atom. The lowest BCUT2D eigenvalue weighted by Gasteiger charge is -2.33. The third-order valence-corrected chi connectivity index (χ3v) is 5.18. The first-order valence-corrected chi connectivity index (χ1v) is 9.74. The lowest BCUT2D eigenvalue weighted by Crippen LogP contribution is -2.38. The van der Waals surface area contributed by atoms with Gasteiger partial charge in [0.05, 0.1) is 26.5 Å². The summed E-state index contributed by atoms with van der Waals surface area (Å²) < 4.78 is 16.9. The molecule has 1 aliphatic rings. The average Bonchev–Trinajstić information content (AvgIpc) is 2.79. The third-order valence-electron chi connectivity index (χ3n) is 5.18. The first-order valence-electron chi connectivity index (χ1n) is 9.74. The molecule has 1 aliphatic heterocycles. The van der Waals surface area contributed by atoms with E-state index in [0.717, 1.165) is 47.0 Å². The highest BCUT2D eigenvalue weighted by atomic mass is 16.5. The van der Waals surface area contributed by atoms with Crippen molar-refractivity contribution in [1.29, 1.82) is 0 Å². The Labute approximate surface area is 175 Å². The molecule has 1 aromatic carbocycles. The molecule has 0 amide bonds. The predicted molar refractivity (Wildman–Crippen MR) is 113 cm³/mol. The second-order valence-electron chi connectivity index (χ2n) is 7.06. The summed E-state index contributed by atoms with van der Waals surface area (Å²) in [5, 5.41) is 0. The topological polar surface area (TPSA) is 95.6 Å². The van der Waals surface area contributed by atoms with Gasteiger partial charge in [-0.1, -0.05) is 6.07 Å². The van der Waals surface area contributed by atoms with Gasteiger partial charge in [0.25, 0.3) is 0 Å². The second-order valence-corrected chi connectivity index (χ2v) is 7.06. The molecule has 0 aliphatic carbocycles. The highest BCUT2D eigenvalue weighted by molar-refractivity contribution is 5.67. The van der Waals surface area contributed by atoms with Crippen molar-refractivity contribution in [3.63, 3.8) is 0 Å². The normalized spacial score (nSPS) is 16.9. The van der Waals surface area contributed by atoms with Crippen LogP contribution in [0.3, 0.4) is 0 Å². The van der Waals surface area contributed by atoms with Gasteiger partial charge in [-0.2, -0.15) is 0 Å². The zero-order valence-corrected chi connectivity index (χ0v) is 17.1. The molecule has 2 aromatic heterocycles. The number of anilines is 1. The number of methoxy groups -OCH3 is 2. The molecule has 156 valence electrons. The highest BCUT2D eigenvalue weighted by Gasteiger charge is 2.26. The van der Waals surface area contributed by atoms with E-state index >= 15 is 0 Å². The third kappa shape index (κ3) is 4.34. The Hall–Kier alpha value is -3.23. The minimum atomic E-state index is -0.171. The van der Waals surface area contributed by atoms with Crippen LogP contribution < -0.4 is 15.2 Å². The molecule has 0 saturated carbocycles. The number of benzene rings is 1. The number of nitrogen functional groups attached to an aromatic ring is 1. The van der Waals surface area contributed by atoms with E-state index < -0.39 is 0 Å². The first-order chi connectivity index (χ1) is 14.7. The van der Waals surface area contributed by atoms with Crippen molar-refractivity contribution >= 4 is 5.82 Å². The van der Waals surface area contributed by atoms with Crippen LogP contribution in [-0.4, -0.2) is 53.8 Å². The first kappa shape index (κ1) is 20.1. The largest absolute Gasteiger partial charge is 0.497 e. The summed E-state index contributed by atoms with van der Waals surface area (Å²) >= 11 is 0. The molecule has 8 nitrogen and oxygen atoms in total. The zero-order valence-electron chi connectivity index (χ0n) is 17.1. The molecule has 0 unspecified atom stereocenters. The fourth-order valence-corrected chi connectivity index (χ4v) is 3.67. The van der Waals surface area contributed by atoms with E-state index in [9.17, 15) is 0 Å². The van der Waals surface area contributed by atoms with E-state index in [-0.39, 0.29) is 6.10 Å². The van der Waals surface area contributed by atoms with Crippen molar-refractivity contribution in [3.8, 4) is 22.6 Å². The van der Waals surface area contributed by atoms with E-state index in [1.165, 1.54) is 0 Å². The molecule has 30 heavy (non-hydrogen) atoms. The van der Waals surface area contributed by atoms with E-state index in [0.29, 0.717) is 19.0 Å². The summed E-state index contributed by atoms with van der Waals surface area (Å²) in [6.07, 6.45) is 4.87. The van der Waals surface area contributed by atoms with Crippen molar-refractivity contribution in [2.45, 2.75) is 12.6 Å². The highest BCUT2D eigenvalue weighted by Crippen LogP contribution is 2.32. The van der Waals surface area contributed by atoms with Gasteiger partial charge in [0.15, 0.2) is 0 Å². The van der Waals surface area contributed by atoms with Crippen molar-refractivity contribution in [3.05, 3.63) is 60.3 Å². The quantitative estimate of drug-likeness (QED) is 0.666. The number of aromatic nitrogens is 3. The van der Waals surface area contributed by atoms with Crippen LogP contribution in [0, 0.1) is 0 Å². The van der Waals surface area contributed by atoms with Crippen LogP contribution >= 0.6 is 0 Å². The maximum atomic E-state index is 6.09. The molecule has 3 aromatic rings. The SMILES string of the molecule is COc1ccc(CN2CCO[C@H](c3ncncc3-c3ccnc(N)c3)C2)c(OC)c1. The number of hydrogen-bond acceptors (Lipinski definition) is 8. The molecule has 0 bridgehead atoms. The molecule has 1 atom stereocenters. The zero-order chi connectivity index (χ0) is 20.9. The number of morpholine rings is 1. The summed E-state index contributed by atoms with van der Waals surface area (Å²) in [7, 11) is 3.32. The van der Waals surface area contributed by atoms with Crippen LogP contribution in [0.1, 0.15) is 17.4 Å². The summed E-state index contributed by atoms with van der Waals surface area (Å²) in [6, 6.07) is 9.63. The van der Waals surface area contributed by atoms with Crippen molar-refractivity contribution < 1.29 is 14.2 Å². The molecule has 8 heteroatoms. The van der Waals surface area contributed by atoms with Gasteiger partial charge >= 0.3 is 0 Å². The van der Waals surface area contributed by atoms with Gasteiger partial charge in [-0.15, -0.1) is 0 Å². The molecule has 0 radical (unpaired) electrons. The van der Waals surface area contributed by atoms with E-state index in [1.807, 2.05) is 30.3 Å². The summed E-state index contributed by atoms with van der Waals surface area (Å²) in [5.41, 5.74) is 9.65. The van der Waals surface area contributed by atoms with Gasteiger partial charge in [0.1, 0.15) is 29.7 Å². The van der Waals surface area contributed by atoms with E-state index in [2.05, 4.69) is 19.9 Å². The standard InChI is InChI=1S/C22H25N5O3/c1-28-17-4-3-16(19(10-17)29-2)12-27-7-8-30-20(13-27)22-18(11-24-14-26-22)15-5-6-25-21(23)9-15/h3-6,9-11,14,20H,7-8,12-13H2,1-2H3,(H2,23,25)/t20-/m0/s1. The number of nitrogens with two attached hydrogens (primary N) is 1. The van der Waals surface area contributed by atoms with E-state index in [1.54, 1.807) is 32.9 Å². The maximum Gasteiger partial charge on any atom is 0.127 e. The van der Waals surface area contributed by atoms with Crippen molar-refractivity contribution in [2.75, 3.05) is 39.6 Å². The molecule has 4 rings (SSSR count). The fraction of sp³-hybridized carbons (Fsp3) is 0.318. The Kier molecular flexibility index (Phi) is 6.06. The number of hydrogen-bond donors (Lipinski definition) is 1. The lowest BCUT2D eigenvalue weighted by atomic mass is 10.0. The van der Waals surface area contributed by atoms with Crippen LogP contribution in [0.25, 0.3) is 11.1 Å². The maximum absolute atomic E-state index is 6.09. The Bertz CT molecular complexity index is 1010. The molecule has 2 N–H and O–H groups in total. The van der Waals surface area contributed by atoms with Crippen molar-refractivity contribution in [1.82, 2.24) is 19.9 Å². The number of rotatable bonds is 6. The van der Waals surface area contributed by atoms with Crippen LogP contribution in [0.4, 0.5) is 5.82 Å². The smallest absolute Gasteiger partial charge is 0.127 e. The van der Waals surface area contributed by atoms with Gasteiger partial charge in [0, 0.05) is 49.2 Å². The fourth-order valence-electron chi connectivity index (χ4n) is 3.67. The van der Waals surface area contributed by atoms with Gasteiger partial charge in [-0.05, 0) is 23.8 Å². The van der Waals surface area contributed by atoms with Crippen LogP contribution in [0.5, 0.6) is 11.5 Å². The molecule has 1 fully saturated rings. The molecule has 3 heterocycles. The molecule has 0 spiro atoms. The van der Waals surface area contributed by atoms with Gasteiger partial charge in [0.2, 0.25) is 0 Å². The monoisotopic (exact) mass is 407 g/mol. The molecular weight excluding hydrogens is 382 g/mol. The van der Waals surface area contributed by atoms with Crippen molar-refractivity contribution in [2.24, 2.45) is 0 Å². The average molecular weight is 407 g/mol. The van der Waals surface area contributed by atoms with Gasteiger partial charge < -0.3 is 19.9 Å². The van der Waals surface area contributed by atoms with Crippen LogP contribution in [0.15, 0.2) is 49.1 Å². The Morgan fingerprint density at radius 2 is 2.07 bits per heavy atom. The number of pyridine rings is 1.